The van der Waals surface area contributed by atoms with E-state index in [4.69, 9.17) is 9.73 Å². The normalized spacial score (nSPS) is 18.3. The minimum Gasteiger partial charge on any atom is -0.465 e. The van der Waals surface area contributed by atoms with Crippen molar-refractivity contribution in [2.45, 2.75) is 12.5 Å². The quantitative estimate of drug-likeness (QED) is 0.283. The molecule has 1 atom stereocenters. The molecule has 0 spiro atoms. The zero-order valence-electron chi connectivity index (χ0n) is 21.9. The van der Waals surface area contributed by atoms with Gasteiger partial charge in [0, 0.05) is 38.4 Å². The van der Waals surface area contributed by atoms with E-state index in [0.29, 0.717) is 17.0 Å². The zero-order valence-corrected chi connectivity index (χ0v) is 22.7. The Morgan fingerprint density at radius 2 is 1.82 bits per heavy atom. The summed E-state index contributed by atoms with van der Waals surface area (Å²) in [6.45, 7) is 5.21. The number of benzene rings is 3. The maximum atomic E-state index is 13.4. The fraction of sp³-hybridized carbons (Fsp3) is 0.267. The summed E-state index contributed by atoms with van der Waals surface area (Å²) in [4.78, 5) is 39.7. The third-order valence-corrected chi connectivity index (χ3v) is 8.19. The Balaban J connectivity index is 1.36. The molecule has 1 unspecified atom stereocenters. The Labute approximate surface area is 230 Å². The number of hydrogen-bond acceptors (Lipinski definition) is 8. The number of aliphatic imine (C=N–C) groups is 1. The molecule has 0 aliphatic carbocycles. The number of piperazine rings is 1. The molecule has 3 aromatic carbocycles. The van der Waals surface area contributed by atoms with E-state index in [2.05, 4.69) is 39.3 Å². The molecule has 8 nitrogen and oxygen atoms in total. The van der Waals surface area contributed by atoms with Gasteiger partial charge in [-0.15, -0.1) is 11.3 Å². The molecule has 4 aromatic rings. The first-order valence-corrected chi connectivity index (χ1v) is 13.8. The lowest BCUT2D eigenvalue weighted by molar-refractivity contribution is -0.115. The van der Waals surface area contributed by atoms with Gasteiger partial charge in [-0.05, 0) is 60.1 Å². The van der Waals surface area contributed by atoms with Gasteiger partial charge < -0.3 is 15.0 Å². The van der Waals surface area contributed by atoms with Crippen molar-refractivity contribution >= 4 is 50.5 Å². The summed E-state index contributed by atoms with van der Waals surface area (Å²) in [7, 11) is 3.50. The van der Waals surface area contributed by atoms with E-state index in [0.717, 1.165) is 59.8 Å². The van der Waals surface area contributed by atoms with Crippen LogP contribution < -0.4 is 5.32 Å². The third kappa shape index (κ3) is 5.21. The molecular weight excluding hydrogens is 510 g/mol. The number of rotatable bonds is 6. The first-order chi connectivity index (χ1) is 19.0. The van der Waals surface area contributed by atoms with E-state index >= 15 is 0 Å². The summed E-state index contributed by atoms with van der Waals surface area (Å²) in [5.74, 6) is -1.25. The number of aromatic nitrogens is 1. The first-order valence-electron chi connectivity index (χ1n) is 12.9. The van der Waals surface area contributed by atoms with E-state index in [1.807, 2.05) is 41.9 Å². The van der Waals surface area contributed by atoms with Gasteiger partial charge in [0.2, 0.25) is 5.91 Å². The van der Waals surface area contributed by atoms with Crippen LogP contribution in [0.15, 0.2) is 71.2 Å². The van der Waals surface area contributed by atoms with Crippen molar-refractivity contribution in [1.82, 2.24) is 14.8 Å². The molecule has 9 heteroatoms. The van der Waals surface area contributed by atoms with Crippen LogP contribution in [0.1, 0.15) is 33.0 Å². The molecule has 0 bridgehead atoms. The summed E-state index contributed by atoms with van der Waals surface area (Å²) in [6.07, 6.45) is 0. The van der Waals surface area contributed by atoms with Gasteiger partial charge in [0.1, 0.15) is 5.92 Å². The van der Waals surface area contributed by atoms with Crippen LogP contribution in [0.2, 0.25) is 0 Å². The number of fused-ring (bicyclic) bond motifs is 2. The van der Waals surface area contributed by atoms with Gasteiger partial charge in [-0.1, -0.05) is 24.3 Å². The van der Waals surface area contributed by atoms with Crippen molar-refractivity contribution in [2.75, 3.05) is 45.7 Å². The summed E-state index contributed by atoms with van der Waals surface area (Å²) in [6, 6.07) is 19.4. The van der Waals surface area contributed by atoms with Gasteiger partial charge in [-0.25, -0.2) is 9.78 Å². The number of hydrogen-bond donors (Lipinski definition) is 1. The van der Waals surface area contributed by atoms with Crippen molar-refractivity contribution in [2.24, 2.45) is 4.99 Å². The average molecular weight is 540 g/mol. The number of likely N-dealkylation sites (N-methyl/N-ethyl adjacent to an activating group) is 1. The van der Waals surface area contributed by atoms with Gasteiger partial charge in [0.25, 0.3) is 0 Å². The SMILES string of the molecule is COC(=O)c1ccc2c(c1)NC(=O)C2C(=Nc1ccc(CN2CCN(C)CC2)cc1)c1ccc2ncsc2c1. The monoisotopic (exact) mass is 539 g/mol. The van der Waals surface area contributed by atoms with Gasteiger partial charge >= 0.3 is 5.97 Å². The Bertz CT molecular complexity index is 1570. The van der Waals surface area contributed by atoms with Crippen molar-refractivity contribution in [1.29, 1.82) is 0 Å². The van der Waals surface area contributed by atoms with Crippen molar-refractivity contribution in [3.05, 3.63) is 88.4 Å². The predicted octanol–water partition coefficient (Wildman–Crippen LogP) is 4.69. The minimum atomic E-state index is -0.623. The van der Waals surface area contributed by atoms with Crippen LogP contribution >= 0.6 is 11.3 Å². The highest BCUT2D eigenvalue weighted by molar-refractivity contribution is 7.16. The molecule has 2 aliphatic rings. The van der Waals surface area contributed by atoms with Crippen molar-refractivity contribution in [3.63, 3.8) is 0 Å². The van der Waals surface area contributed by atoms with Crippen LogP contribution in [-0.4, -0.2) is 72.7 Å². The lowest BCUT2D eigenvalue weighted by Crippen LogP contribution is -2.43. The Hall–Kier alpha value is -3.92. The molecule has 1 saturated heterocycles. The van der Waals surface area contributed by atoms with Gasteiger partial charge in [-0.3, -0.25) is 14.7 Å². The predicted molar refractivity (Wildman–Crippen MR) is 154 cm³/mol. The third-order valence-electron chi connectivity index (χ3n) is 7.39. The molecule has 1 N–H and O–H groups in total. The molecule has 1 aromatic heterocycles. The lowest BCUT2D eigenvalue weighted by Gasteiger charge is -2.32. The van der Waals surface area contributed by atoms with Crippen LogP contribution in [0.3, 0.4) is 0 Å². The van der Waals surface area contributed by atoms with Gasteiger partial charge in [0.05, 0.1) is 39.8 Å². The van der Waals surface area contributed by atoms with E-state index in [-0.39, 0.29) is 5.91 Å². The topological polar surface area (TPSA) is 87.1 Å². The number of ether oxygens (including phenoxy) is 1. The van der Waals surface area contributed by atoms with E-state index in [1.165, 1.54) is 12.7 Å². The van der Waals surface area contributed by atoms with E-state index < -0.39 is 11.9 Å². The molecule has 3 heterocycles. The number of carbonyl (C=O) groups is 2. The highest BCUT2D eigenvalue weighted by atomic mass is 32.1. The van der Waals surface area contributed by atoms with Crippen molar-refractivity contribution in [3.8, 4) is 0 Å². The molecule has 198 valence electrons. The largest absolute Gasteiger partial charge is 0.465 e. The lowest BCUT2D eigenvalue weighted by atomic mass is 9.90. The smallest absolute Gasteiger partial charge is 0.337 e. The highest BCUT2D eigenvalue weighted by Crippen LogP contribution is 2.37. The molecule has 0 saturated carbocycles. The first kappa shape index (κ1) is 25.4. The number of thiazole rings is 1. The standard InChI is InChI=1S/C30H29N5O3S/c1-34-11-13-35(14-12-34)17-19-3-7-22(8-4-19)32-28(20-6-10-24-26(16-20)39-18-31-24)27-23-9-5-21(30(37)38-2)15-25(23)33-29(27)36/h3-10,15-16,18,27H,11-14,17H2,1-2H3,(H,33,36). The van der Waals surface area contributed by atoms with Crippen LogP contribution in [-0.2, 0) is 16.1 Å². The fourth-order valence-electron chi connectivity index (χ4n) is 5.17. The van der Waals surface area contributed by atoms with Crippen LogP contribution in [0.4, 0.5) is 11.4 Å². The number of methoxy groups -OCH3 is 1. The summed E-state index contributed by atoms with van der Waals surface area (Å²) in [5, 5.41) is 2.95. The second-order valence-electron chi connectivity index (χ2n) is 9.99. The molecule has 1 fully saturated rings. The molecule has 6 rings (SSSR count). The number of esters is 1. The Morgan fingerprint density at radius 1 is 1.05 bits per heavy atom. The number of carbonyl (C=O) groups excluding carboxylic acids is 2. The molecule has 39 heavy (non-hydrogen) atoms. The fourth-order valence-corrected chi connectivity index (χ4v) is 5.88. The molecular formula is C30H29N5O3S. The van der Waals surface area contributed by atoms with Gasteiger partial charge in [-0.2, -0.15) is 0 Å². The number of amides is 1. The van der Waals surface area contributed by atoms with E-state index in [1.54, 1.807) is 23.5 Å². The Kier molecular flexibility index (Phi) is 6.95. The zero-order chi connectivity index (χ0) is 26.9. The van der Waals surface area contributed by atoms with Crippen LogP contribution in [0.5, 0.6) is 0 Å². The highest BCUT2D eigenvalue weighted by Gasteiger charge is 2.36. The minimum absolute atomic E-state index is 0.179. The number of nitrogens with zero attached hydrogens (tertiary/aromatic N) is 4. The maximum absolute atomic E-state index is 13.4. The molecule has 1 amide bonds. The maximum Gasteiger partial charge on any atom is 0.337 e. The average Bonchev–Trinajstić information content (AvgIpc) is 3.56. The summed E-state index contributed by atoms with van der Waals surface area (Å²) >= 11 is 1.55. The second-order valence-corrected chi connectivity index (χ2v) is 10.9. The van der Waals surface area contributed by atoms with Crippen LogP contribution in [0, 0.1) is 0 Å². The second kappa shape index (κ2) is 10.7. The Morgan fingerprint density at radius 3 is 2.59 bits per heavy atom. The molecule has 2 aliphatic heterocycles. The number of anilines is 1. The summed E-state index contributed by atoms with van der Waals surface area (Å²) < 4.78 is 5.89. The van der Waals surface area contributed by atoms with E-state index in [9.17, 15) is 9.59 Å². The van der Waals surface area contributed by atoms with Crippen molar-refractivity contribution < 1.29 is 14.3 Å². The van der Waals surface area contributed by atoms with Gasteiger partial charge in [0.15, 0.2) is 0 Å². The number of nitrogens with one attached hydrogen (secondary N) is 1. The molecule has 0 radical (unpaired) electrons. The van der Waals surface area contributed by atoms with Crippen LogP contribution in [0.25, 0.3) is 10.2 Å². The summed E-state index contributed by atoms with van der Waals surface area (Å²) in [5.41, 5.74) is 8.03.